The van der Waals surface area contributed by atoms with Gasteiger partial charge in [-0.05, 0) is 61.4 Å². The zero-order chi connectivity index (χ0) is 41.4. The van der Waals surface area contributed by atoms with Crippen LogP contribution in [0.15, 0.2) is 48.5 Å². The Kier molecular flexibility index (Phi) is 9.61. The van der Waals surface area contributed by atoms with Gasteiger partial charge in [0.25, 0.3) is 17.7 Å². The number of nitriles is 1. The fourth-order valence-electron chi connectivity index (χ4n) is 9.99. The predicted octanol–water partition coefficient (Wildman–Crippen LogP) is 5.15. The molecular weight excluding hydrogens is 763 g/mol. The average molecular weight is 805 g/mol. The Bertz CT molecular complexity index is 2410. The van der Waals surface area contributed by atoms with Crippen LogP contribution < -0.4 is 15.0 Å². The third kappa shape index (κ3) is 6.37. The molecule has 1 aliphatic carbocycles. The zero-order valence-electron chi connectivity index (χ0n) is 32.8. The quantitative estimate of drug-likeness (QED) is 0.264. The monoisotopic (exact) mass is 804 g/mol. The van der Waals surface area contributed by atoms with Gasteiger partial charge in [-0.2, -0.15) is 5.26 Å². The number of nitrogens with zero attached hydrogens (tertiary/aromatic N) is 5. The number of carbonyl (C=O) groups excluding carboxylic acids is 5. The standard InChI is InChI=1S/C44H42ClFN6O6/c1-24(49-14-16-50(17-15-49)35-21-31-30(20-33(35)46)39(56)52(40(31)57)34-12-13-36(53)48-37(34)54)6-7-25-8-11-29-27(18-25)23-51(38(29)55)41-43(2,3)42(44(41,4)5)58-28-10-9-26(22-47)32(45)19-28/h8-11,18-21,24,34,41-42H,12-17,23H2,1-5H3,(H,48,53,54)/t24?,34?,41-,42-. The molecule has 3 aromatic rings. The average Bonchev–Trinajstić information content (AvgIpc) is 3.62. The van der Waals surface area contributed by atoms with Gasteiger partial charge < -0.3 is 14.5 Å². The Labute approximate surface area is 340 Å². The van der Waals surface area contributed by atoms with Gasteiger partial charge in [0.1, 0.15) is 29.8 Å². The Balaban J connectivity index is 0.896. The van der Waals surface area contributed by atoms with Crippen LogP contribution in [0, 0.1) is 39.8 Å². The molecule has 1 N–H and O–H groups in total. The fraction of sp³-hybridized carbons (Fsp3) is 0.409. The van der Waals surface area contributed by atoms with E-state index in [1.54, 1.807) is 18.2 Å². The van der Waals surface area contributed by atoms with Crippen LogP contribution in [0.3, 0.4) is 0 Å². The largest absolute Gasteiger partial charge is 0.489 e. The van der Waals surface area contributed by atoms with E-state index in [1.807, 2.05) is 34.9 Å². The van der Waals surface area contributed by atoms with E-state index < -0.39 is 35.5 Å². The lowest BCUT2D eigenvalue weighted by Gasteiger charge is -2.65. The van der Waals surface area contributed by atoms with Gasteiger partial charge in [0, 0.05) is 73.2 Å². The van der Waals surface area contributed by atoms with Crippen LogP contribution in [0.4, 0.5) is 10.1 Å². The minimum atomic E-state index is -1.12. The van der Waals surface area contributed by atoms with Crippen molar-refractivity contribution in [3.63, 3.8) is 0 Å². The second-order valence-corrected chi connectivity index (χ2v) is 17.3. The summed E-state index contributed by atoms with van der Waals surface area (Å²) >= 11 is 6.28. The third-order valence-corrected chi connectivity index (χ3v) is 12.8. The number of ether oxygens (including phenoxy) is 1. The summed E-state index contributed by atoms with van der Waals surface area (Å²) in [6.07, 6.45) is -0.191. The number of anilines is 1. The highest BCUT2D eigenvalue weighted by Gasteiger charge is 2.67. The van der Waals surface area contributed by atoms with E-state index in [-0.39, 0.29) is 64.6 Å². The number of rotatable bonds is 6. The molecule has 4 heterocycles. The number of piperidine rings is 1. The number of fused-ring (bicyclic) bond motifs is 2. The number of hydrogen-bond donors (Lipinski definition) is 1. The number of piperazine rings is 1. The van der Waals surface area contributed by atoms with Crippen molar-refractivity contribution in [2.75, 3.05) is 31.1 Å². The number of benzene rings is 3. The van der Waals surface area contributed by atoms with Crippen LogP contribution >= 0.6 is 11.6 Å². The maximum atomic E-state index is 15.5. The molecule has 3 aromatic carbocycles. The van der Waals surface area contributed by atoms with E-state index in [1.165, 1.54) is 6.07 Å². The highest BCUT2D eigenvalue weighted by atomic mass is 35.5. The molecule has 0 aromatic heterocycles. The molecular formula is C44H42ClFN6O6. The van der Waals surface area contributed by atoms with Crippen molar-refractivity contribution in [1.82, 2.24) is 20.0 Å². The van der Waals surface area contributed by atoms with Crippen LogP contribution in [-0.2, 0) is 16.1 Å². The minimum absolute atomic E-state index is 0.000493. The van der Waals surface area contributed by atoms with E-state index in [0.29, 0.717) is 54.6 Å². The second kappa shape index (κ2) is 14.3. The molecule has 12 nitrogen and oxygen atoms in total. The first-order valence-corrected chi connectivity index (χ1v) is 19.7. The van der Waals surface area contributed by atoms with E-state index in [2.05, 4.69) is 55.8 Å². The summed E-state index contributed by atoms with van der Waals surface area (Å²) in [5.41, 5.74) is 2.15. The molecule has 2 unspecified atom stereocenters. The summed E-state index contributed by atoms with van der Waals surface area (Å²) in [5, 5.41) is 11.8. The summed E-state index contributed by atoms with van der Waals surface area (Å²) < 4.78 is 21.9. The van der Waals surface area contributed by atoms with Crippen molar-refractivity contribution in [3.8, 4) is 23.7 Å². The number of hydrogen-bond acceptors (Lipinski definition) is 9. The SMILES string of the molecule is CC(C#Cc1ccc2c(c1)CN([C@H]1C(C)(C)[C@H](Oc3ccc(C#N)c(Cl)c3)C1(C)C)C2=O)N1CCN(c2cc3c(cc2F)C(=O)N(C2CCC(=O)NC2=O)C3=O)CC1. The molecule has 0 radical (unpaired) electrons. The van der Waals surface area contributed by atoms with Crippen molar-refractivity contribution < 1.29 is 33.1 Å². The molecule has 1 saturated carbocycles. The number of imide groups is 2. The Morgan fingerprint density at radius 3 is 2.24 bits per heavy atom. The molecule has 4 aliphatic heterocycles. The third-order valence-electron chi connectivity index (χ3n) is 12.5. The van der Waals surface area contributed by atoms with Gasteiger partial charge in [-0.3, -0.25) is 39.1 Å². The first kappa shape index (κ1) is 39.1. The van der Waals surface area contributed by atoms with E-state index >= 15 is 4.39 Å². The second-order valence-electron chi connectivity index (χ2n) is 16.9. The Morgan fingerprint density at radius 2 is 1.59 bits per heavy atom. The molecule has 298 valence electrons. The normalized spacial score (nSPS) is 24.0. The van der Waals surface area contributed by atoms with E-state index in [4.69, 9.17) is 16.3 Å². The van der Waals surface area contributed by atoms with Gasteiger partial charge in [-0.1, -0.05) is 51.1 Å². The summed E-state index contributed by atoms with van der Waals surface area (Å²) in [6, 6.07) is 13.9. The molecule has 8 rings (SSSR count). The molecule has 5 aliphatic rings. The molecule has 14 heteroatoms. The first-order chi connectivity index (χ1) is 27.5. The van der Waals surface area contributed by atoms with Crippen LogP contribution in [0.1, 0.15) is 95.2 Å². The van der Waals surface area contributed by atoms with Crippen LogP contribution in [0.5, 0.6) is 5.75 Å². The van der Waals surface area contributed by atoms with E-state index in [9.17, 15) is 29.2 Å². The lowest BCUT2D eigenvalue weighted by molar-refractivity contribution is -0.199. The van der Waals surface area contributed by atoms with Gasteiger partial charge in [-0.15, -0.1) is 0 Å². The maximum absolute atomic E-state index is 15.5. The van der Waals surface area contributed by atoms with Gasteiger partial charge in [0.15, 0.2) is 0 Å². The van der Waals surface area contributed by atoms with Crippen LogP contribution in [0.25, 0.3) is 0 Å². The molecule has 2 atom stereocenters. The zero-order valence-corrected chi connectivity index (χ0v) is 33.6. The minimum Gasteiger partial charge on any atom is -0.489 e. The first-order valence-electron chi connectivity index (χ1n) is 19.4. The Hall–Kier alpha value is -5.76. The molecule has 5 amide bonds. The van der Waals surface area contributed by atoms with Crippen LogP contribution in [0.2, 0.25) is 5.02 Å². The van der Waals surface area contributed by atoms with Gasteiger partial charge in [0.2, 0.25) is 11.8 Å². The number of carbonyl (C=O) groups is 5. The number of nitrogens with one attached hydrogen (secondary N) is 1. The van der Waals surface area contributed by atoms with Crippen molar-refractivity contribution in [3.05, 3.63) is 92.8 Å². The van der Waals surface area contributed by atoms with Crippen molar-refractivity contribution in [1.29, 1.82) is 5.26 Å². The molecule has 2 saturated heterocycles. The summed E-state index contributed by atoms with van der Waals surface area (Å²) in [4.78, 5) is 71.1. The lowest BCUT2D eigenvalue weighted by Crippen LogP contribution is -2.74. The summed E-state index contributed by atoms with van der Waals surface area (Å²) in [7, 11) is 0. The molecule has 0 bridgehead atoms. The molecule has 3 fully saturated rings. The van der Waals surface area contributed by atoms with Crippen molar-refractivity contribution in [2.45, 2.75) is 78.2 Å². The topological polar surface area (TPSA) is 143 Å². The highest BCUT2D eigenvalue weighted by molar-refractivity contribution is 6.31. The van der Waals surface area contributed by atoms with Gasteiger partial charge in [-0.25, -0.2) is 4.39 Å². The maximum Gasteiger partial charge on any atom is 0.262 e. The summed E-state index contributed by atoms with van der Waals surface area (Å²) in [5.74, 6) is 3.96. The van der Waals surface area contributed by atoms with E-state index in [0.717, 1.165) is 22.1 Å². The van der Waals surface area contributed by atoms with Crippen molar-refractivity contribution in [2.24, 2.45) is 10.8 Å². The Morgan fingerprint density at radius 1 is 0.897 bits per heavy atom. The molecule has 0 spiro atoms. The van der Waals surface area contributed by atoms with Gasteiger partial charge in [0.05, 0.1) is 33.4 Å². The lowest BCUT2D eigenvalue weighted by atomic mass is 9.49. The fourth-order valence-corrected chi connectivity index (χ4v) is 10.2. The summed E-state index contributed by atoms with van der Waals surface area (Å²) in [6.45, 7) is 13.0. The van der Waals surface area contributed by atoms with Crippen molar-refractivity contribution >= 4 is 46.8 Å². The number of amides is 5. The smallest absolute Gasteiger partial charge is 0.262 e. The predicted molar refractivity (Wildman–Crippen MR) is 211 cm³/mol. The van der Waals surface area contributed by atoms with Gasteiger partial charge >= 0.3 is 0 Å². The number of halogens is 2. The molecule has 58 heavy (non-hydrogen) atoms. The van der Waals surface area contributed by atoms with Crippen LogP contribution in [-0.4, -0.2) is 94.6 Å². The highest BCUT2D eigenvalue weighted by Crippen LogP contribution is 2.59.